The number of benzene rings is 3. The number of alkyl halides is 7. The lowest BCUT2D eigenvalue weighted by molar-refractivity contribution is -0.348. The Bertz CT molecular complexity index is 2160. The van der Waals surface area contributed by atoms with Gasteiger partial charge in [0.05, 0.1) is 28.3 Å². The standard InChI is InChI=1S/C23H22F7IN2O4S.C16H23N3OS/c1-12-10-13(21(24,22(25,26)27)23(28,29)30)8-9-16(12)32-18(34)14-6-5-7-15(31)17(14)19(35)33-20(2,3)11-38(4,36)37;1-12(2)19-14(17-16(3,4)5)21-11-18(15(19)20)13-9-7-6-8-10-13/h5-10H,11H2,1-4H3,(H,32,34)(H,33,35);6-10,12H,11H2,1-5H3. The van der Waals surface area contributed by atoms with E-state index in [2.05, 4.69) is 10.6 Å². The molecular weight excluding hydrogens is 942 g/mol. The summed E-state index contributed by atoms with van der Waals surface area (Å²) in [6.07, 6.45) is -11.6. The fourth-order valence-electron chi connectivity index (χ4n) is 5.77. The molecule has 0 unspecified atom stereocenters. The summed E-state index contributed by atoms with van der Waals surface area (Å²) in [6, 6.07) is 15.3. The molecule has 0 bridgehead atoms. The maximum absolute atomic E-state index is 14.4. The first-order chi connectivity index (χ1) is 26.8. The van der Waals surface area contributed by atoms with E-state index in [1.54, 1.807) is 44.2 Å². The summed E-state index contributed by atoms with van der Waals surface area (Å²) in [5.41, 5.74) is -8.72. The number of rotatable bonds is 9. The van der Waals surface area contributed by atoms with Crippen LogP contribution in [-0.4, -0.2) is 83.7 Å². The first-order valence-corrected chi connectivity index (χ1v) is 21.8. The van der Waals surface area contributed by atoms with Gasteiger partial charge in [0.1, 0.15) is 9.84 Å². The van der Waals surface area contributed by atoms with E-state index in [1.807, 2.05) is 65.0 Å². The van der Waals surface area contributed by atoms with E-state index in [0.29, 0.717) is 21.6 Å². The van der Waals surface area contributed by atoms with Crippen LogP contribution in [-0.2, 0) is 15.5 Å². The highest BCUT2D eigenvalue weighted by molar-refractivity contribution is 14.1. The van der Waals surface area contributed by atoms with Crippen LogP contribution in [0.25, 0.3) is 0 Å². The number of hydrogen-bond donors (Lipinski definition) is 2. The highest BCUT2D eigenvalue weighted by atomic mass is 127. The van der Waals surface area contributed by atoms with E-state index < -0.39 is 56.5 Å². The van der Waals surface area contributed by atoms with E-state index in [-0.39, 0.29) is 46.1 Å². The van der Waals surface area contributed by atoms with Gasteiger partial charge in [-0.3, -0.25) is 24.4 Å². The fourth-order valence-corrected chi connectivity index (χ4v) is 9.16. The predicted molar refractivity (Wildman–Crippen MR) is 225 cm³/mol. The second-order valence-electron chi connectivity index (χ2n) is 15.6. The molecule has 0 radical (unpaired) electrons. The number of sulfone groups is 1. The number of aryl methyl sites for hydroxylation is 1. The van der Waals surface area contributed by atoms with Gasteiger partial charge in [-0.05, 0) is 114 Å². The Kier molecular flexibility index (Phi) is 15.4. The monoisotopic (exact) mass is 987 g/mol. The second kappa shape index (κ2) is 18.4. The Morgan fingerprint density at radius 1 is 0.881 bits per heavy atom. The molecule has 59 heavy (non-hydrogen) atoms. The third kappa shape index (κ3) is 12.6. The summed E-state index contributed by atoms with van der Waals surface area (Å²) in [4.78, 5) is 47.1. The predicted octanol–water partition coefficient (Wildman–Crippen LogP) is 9.88. The molecular formula is C39H45F7IN5O5S2. The van der Waals surface area contributed by atoms with Crippen molar-refractivity contribution in [1.82, 2.24) is 10.2 Å². The molecule has 324 valence electrons. The van der Waals surface area contributed by atoms with Crippen molar-refractivity contribution in [1.29, 1.82) is 0 Å². The first kappa shape index (κ1) is 49.4. The molecule has 1 saturated heterocycles. The molecule has 4 amide bonds. The number of amides is 4. The lowest BCUT2D eigenvalue weighted by Gasteiger charge is -2.38. The van der Waals surface area contributed by atoms with Gasteiger partial charge in [-0.25, -0.2) is 17.6 Å². The van der Waals surface area contributed by atoms with Crippen molar-refractivity contribution in [3.05, 3.63) is 92.6 Å². The van der Waals surface area contributed by atoms with Gasteiger partial charge in [-0.2, -0.15) is 26.3 Å². The molecule has 0 saturated carbocycles. The van der Waals surface area contributed by atoms with E-state index in [1.165, 1.54) is 32.0 Å². The number of thioether (sulfide) groups is 1. The van der Waals surface area contributed by atoms with Crippen LogP contribution < -0.4 is 15.5 Å². The van der Waals surface area contributed by atoms with Gasteiger partial charge in [0.25, 0.3) is 11.8 Å². The quantitative estimate of drug-likeness (QED) is 0.162. The number of para-hydroxylation sites is 1. The molecule has 0 atom stereocenters. The molecule has 3 aromatic carbocycles. The Labute approximate surface area is 356 Å². The summed E-state index contributed by atoms with van der Waals surface area (Å²) in [6.45, 7) is 14.2. The first-order valence-electron chi connectivity index (χ1n) is 17.7. The number of amidine groups is 1. The number of halogens is 8. The Hall–Kier alpha value is -3.92. The topological polar surface area (TPSA) is 128 Å². The molecule has 1 heterocycles. The van der Waals surface area contributed by atoms with Gasteiger partial charge < -0.3 is 10.6 Å². The molecule has 1 fully saturated rings. The molecule has 2 N–H and O–H groups in total. The average Bonchev–Trinajstić information content (AvgIpc) is 3.06. The van der Waals surface area contributed by atoms with Gasteiger partial charge in [0.15, 0.2) is 5.17 Å². The van der Waals surface area contributed by atoms with Crippen LogP contribution in [0.5, 0.6) is 0 Å². The van der Waals surface area contributed by atoms with Crippen LogP contribution in [0.15, 0.2) is 71.7 Å². The molecule has 20 heteroatoms. The third-order valence-corrected chi connectivity index (χ3v) is 11.3. The van der Waals surface area contributed by atoms with Gasteiger partial charge in [0, 0.05) is 38.3 Å². The van der Waals surface area contributed by atoms with Crippen LogP contribution in [0.2, 0.25) is 0 Å². The Morgan fingerprint density at radius 3 is 1.95 bits per heavy atom. The molecule has 1 aliphatic rings. The number of urea groups is 1. The van der Waals surface area contributed by atoms with E-state index in [0.717, 1.165) is 24.0 Å². The largest absolute Gasteiger partial charge is 0.435 e. The van der Waals surface area contributed by atoms with Crippen molar-refractivity contribution >= 4 is 78.6 Å². The average molecular weight is 988 g/mol. The number of nitrogens with zero attached hydrogens (tertiary/aromatic N) is 3. The maximum Gasteiger partial charge on any atom is 0.435 e. The molecule has 10 nitrogen and oxygen atoms in total. The Balaban J connectivity index is 0.000000372. The molecule has 1 aliphatic heterocycles. The zero-order chi connectivity index (χ0) is 45.1. The second-order valence-corrected chi connectivity index (χ2v) is 19.8. The van der Waals surface area contributed by atoms with Gasteiger partial charge >= 0.3 is 24.1 Å². The number of anilines is 2. The fraction of sp³-hybridized carbons (Fsp3) is 0.436. The van der Waals surface area contributed by atoms with Crippen LogP contribution in [0.3, 0.4) is 0 Å². The van der Waals surface area contributed by atoms with Crippen molar-refractivity contribution in [2.45, 2.75) is 90.5 Å². The molecule has 0 aliphatic carbocycles. The molecule has 0 aromatic heterocycles. The summed E-state index contributed by atoms with van der Waals surface area (Å²) < 4.78 is 117. The van der Waals surface area contributed by atoms with E-state index in [4.69, 9.17) is 4.99 Å². The number of carbonyl (C=O) groups excluding carboxylic acids is 3. The zero-order valence-corrected chi connectivity index (χ0v) is 37.4. The van der Waals surface area contributed by atoms with Crippen LogP contribution in [0.4, 0.5) is 46.9 Å². The van der Waals surface area contributed by atoms with Crippen LogP contribution in [0.1, 0.15) is 80.3 Å². The van der Waals surface area contributed by atoms with Crippen LogP contribution in [0, 0.1) is 10.5 Å². The summed E-state index contributed by atoms with van der Waals surface area (Å²) in [5.74, 6) is -1.54. The minimum Gasteiger partial charge on any atom is -0.346 e. The highest BCUT2D eigenvalue weighted by Crippen LogP contribution is 2.53. The molecule has 0 spiro atoms. The van der Waals surface area contributed by atoms with E-state index in [9.17, 15) is 53.5 Å². The van der Waals surface area contributed by atoms with Crippen molar-refractivity contribution in [3.8, 4) is 0 Å². The number of nitrogens with one attached hydrogen (secondary N) is 2. The Morgan fingerprint density at radius 2 is 1.46 bits per heavy atom. The van der Waals surface area contributed by atoms with Crippen LogP contribution >= 0.6 is 34.4 Å². The summed E-state index contributed by atoms with van der Waals surface area (Å²) in [5, 5.41) is 5.65. The molecule has 4 rings (SSSR count). The number of carbonyl (C=O) groups is 3. The van der Waals surface area contributed by atoms with Crippen molar-refractivity contribution < 1.29 is 53.5 Å². The zero-order valence-electron chi connectivity index (χ0n) is 33.6. The van der Waals surface area contributed by atoms with Gasteiger partial charge in [-0.1, -0.05) is 48.2 Å². The van der Waals surface area contributed by atoms with E-state index >= 15 is 0 Å². The minimum absolute atomic E-state index is 0.00190. The minimum atomic E-state index is -6.30. The molecule has 3 aromatic rings. The van der Waals surface area contributed by atoms with Gasteiger partial charge in [-0.15, -0.1) is 0 Å². The SMILES string of the molecule is CC(C)N1C(=O)N(c2ccccc2)CSC1=NC(C)(C)C.Cc1cc(C(F)(C(F)(F)F)C(F)(F)F)ccc1NC(=O)c1cccc(I)c1C(=O)NC(C)(C)CS(C)(=O)=O. The lowest BCUT2D eigenvalue weighted by Crippen LogP contribution is -2.53. The normalized spacial score (nSPS) is 15.2. The van der Waals surface area contributed by atoms with Crippen molar-refractivity contribution in [2.75, 3.05) is 28.1 Å². The third-order valence-electron chi connectivity index (χ3n) is 8.20. The summed E-state index contributed by atoms with van der Waals surface area (Å²) >= 11 is 3.38. The highest BCUT2D eigenvalue weighted by Gasteiger charge is 2.73. The summed E-state index contributed by atoms with van der Waals surface area (Å²) in [7, 11) is -3.49. The number of hydrogen-bond acceptors (Lipinski definition) is 7. The van der Waals surface area contributed by atoms with Gasteiger partial charge in [0.2, 0.25) is 0 Å². The van der Waals surface area contributed by atoms with Crippen molar-refractivity contribution in [2.24, 2.45) is 4.99 Å². The lowest BCUT2D eigenvalue weighted by atomic mass is 9.92. The van der Waals surface area contributed by atoms with Crippen molar-refractivity contribution in [3.63, 3.8) is 0 Å². The maximum atomic E-state index is 14.4. The number of aliphatic imine (C=N–C) groups is 1. The smallest absolute Gasteiger partial charge is 0.346 e.